The molecule has 116 valence electrons. The van der Waals surface area contributed by atoms with Crippen LogP contribution in [-0.2, 0) is 9.53 Å². The van der Waals surface area contributed by atoms with Crippen LogP contribution in [0.4, 0.5) is 5.69 Å². The average molecular weight is 290 g/mol. The van der Waals surface area contributed by atoms with E-state index in [0.717, 1.165) is 18.5 Å². The number of aryl methyl sites for hydroxylation is 2. The monoisotopic (exact) mass is 290 g/mol. The minimum Gasteiger partial charge on any atom is -0.468 e. The minimum absolute atomic E-state index is 0.203. The highest BCUT2D eigenvalue weighted by atomic mass is 16.5. The molecule has 0 saturated heterocycles. The molecule has 1 aromatic carbocycles. The van der Waals surface area contributed by atoms with E-state index in [0.29, 0.717) is 12.6 Å². The van der Waals surface area contributed by atoms with Gasteiger partial charge in [-0.3, -0.25) is 5.32 Å². The molecule has 4 nitrogen and oxygen atoms in total. The van der Waals surface area contributed by atoms with Gasteiger partial charge in [0.25, 0.3) is 0 Å². The lowest BCUT2D eigenvalue weighted by Gasteiger charge is -2.34. The number of nitrogens with one attached hydrogen (secondary N) is 1. The second-order valence-corrected chi connectivity index (χ2v) is 6.39. The van der Waals surface area contributed by atoms with Crippen LogP contribution in [0.5, 0.6) is 0 Å². The molecule has 1 N–H and O–H groups in total. The van der Waals surface area contributed by atoms with Crippen LogP contribution in [0.15, 0.2) is 18.2 Å². The summed E-state index contributed by atoms with van der Waals surface area (Å²) in [5.74, 6) is -0.203. The normalized spacial score (nSPS) is 17.2. The molecule has 2 rings (SSSR count). The van der Waals surface area contributed by atoms with E-state index in [2.05, 4.69) is 42.3 Å². The Balaban J connectivity index is 2.16. The quantitative estimate of drug-likeness (QED) is 0.817. The number of benzene rings is 1. The van der Waals surface area contributed by atoms with E-state index in [9.17, 15) is 4.79 Å². The molecule has 1 unspecified atom stereocenters. The Morgan fingerprint density at radius 1 is 1.43 bits per heavy atom. The van der Waals surface area contributed by atoms with E-state index in [1.807, 2.05) is 14.0 Å². The molecule has 0 aromatic heterocycles. The Labute approximate surface area is 127 Å². The Morgan fingerprint density at radius 2 is 2.10 bits per heavy atom. The molecule has 4 heteroatoms. The van der Waals surface area contributed by atoms with Crippen molar-refractivity contribution in [3.63, 3.8) is 0 Å². The predicted octanol–water partition coefficient (Wildman–Crippen LogP) is 2.42. The minimum atomic E-state index is -0.679. The Hall–Kier alpha value is -1.55. The van der Waals surface area contributed by atoms with Crippen LogP contribution in [0.2, 0.25) is 0 Å². The smallest absolute Gasteiger partial charge is 0.327 e. The summed E-state index contributed by atoms with van der Waals surface area (Å²) < 4.78 is 5.00. The number of likely N-dealkylation sites (N-methyl/N-ethyl adjacent to an activating group) is 1. The number of carbonyl (C=O) groups excluding carboxylic acids is 1. The van der Waals surface area contributed by atoms with Crippen molar-refractivity contribution in [1.29, 1.82) is 0 Å². The maximum Gasteiger partial charge on any atom is 0.327 e. The maximum absolute atomic E-state index is 12.2. The molecule has 1 aromatic rings. The largest absolute Gasteiger partial charge is 0.468 e. The molecule has 21 heavy (non-hydrogen) atoms. The lowest BCUT2D eigenvalue weighted by Crippen LogP contribution is -2.57. The Morgan fingerprint density at radius 3 is 2.62 bits per heavy atom. The molecular formula is C17H26N2O2. The lowest BCUT2D eigenvalue weighted by molar-refractivity contribution is -0.147. The van der Waals surface area contributed by atoms with E-state index >= 15 is 0 Å². The third-order valence-electron chi connectivity index (χ3n) is 4.05. The van der Waals surface area contributed by atoms with Gasteiger partial charge in [-0.25, -0.2) is 4.79 Å². The van der Waals surface area contributed by atoms with Crippen molar-refractivity contribution in [3.05, 3.63) is 29.3 Å². The second kappa shape index (κ2) is 6.06. The zero-order valence-electron chi connectivity index (χ0n) is 13.7. The van der Waals surface area contributed by atoms with Crippen LogP contribution < -0.4 is 10.2 Å². The maximum atomic E-state index is 12.2. The fourth-order valence-corrected chi connectivity index (χ4v) is 2.87. The van der Waals surface area contributed by atoms with Crippen LogP contribution in [0, 0.1) is 13.8 Å². The van der Waals surface area contributed by atoms with Gasteiger partial charge in [0.05, 0.1) is 7.11 Å². The van der Waals surface area contributed by atoms with Gasteiger partial charge in [0.15, 0.2) is 0 Å². The SMILES string of the molecule is COC(=O)C(C)(CN(C)c1ccc(C)cc1C)NC1CC1. The topological polar surface area (TPSA) is 41.6 Å². The van der Waals surface area contributed by atoms with Gasteiger partial charge in [0, 0.05) is 25.3 Å². The standard InChI is InChI=1S/C17H26N2O2/c1-12-6-9-15(13(2)10-12)19(4)11-17(3,16(20)21-5)18-14-7-8-14/h6,9-10,14,18H,7-8,11H2,1-5H3. The van der Waals surface area contributed by atoms with Gasteiger partial charge < -0.3 is 9.64 Å². The Kier molecular flexibility index (Phi) is 4.57. The lowest BCUT2D eigenvalue weighted by atomic mass is 10.0. The van der Waals surface area contributed by atoms with Crippen molar-refractivity contribution in [2.75, 3.05) is 25.6 Å². The molecule has 0 aliphatic heterocycles. The van der Waals surface area contributed by atoms with Crippen molar-refractivity contribution in [1.82, 2.24) is 5.32 Å². The predicted molar refractivity (Wildman–Crippen MR) is 85.8 cm³/mol. The van der Waals surface area contributed by atoms with Gasteiger partial charge in [0.1, 0.15) is 5.54 Å². The van der Waals surface area contributed by atoms with Gasteiger partial charge >= 0.3 is 5.97 Å². The van der Waals surface area contributed by atoms with Crippen LogP contribution in [-0.4, -0.2) is 38.3 Å². The highest BCUT2D eigenvalue weighted by molar-refractivity contribution is 5.81. The fraction of sp³-hybridized carbons (Fsp3) is 0.588. The summed E-state index contributed by atoms with van der Waals surface area (Å²) in [5.41, 5.74) is 2.93. The third-order valence-corrected chi connectivity index (χ3v) is 4.05. The summed E-state index contributed by atoms with van der Waals surface area (Å²) in [7, 11) is 3.47. The summed E-state index contributed by atoms with van der Waals surface area (Å²) in [6.07, 6.45) is 2.28. The van der Waals surface area contributed by atoms with Gasteiger partial charge in [0.2, 0.25) is 0 Å². The fourth-order valence-electron chi connectivity index (χ4n) is 2.87. The third kappa shape index (κ3) is 3.76. The van der Waals surface area contributed by atoms with Crippen LogP contribution in [0.25, 0.3) is 0 Å². The summed E-state index contributed by atoms with van der Waals surface area (Å²) in [6.45, 7) is 6.70. The number of methoxy groups -OCH3 is 1. The van der Waals surface area contributed by atoms with Crippen LogP contribution in [0.1, 0.15) is 30.9 Å². The highest BCUT2D eigenvalue weighted by Gasteiger charge is 2.40. The Bertz CT molecular complexity index is 526. The summed E-state index contributed by atoms with van der Waals surface area (Å²) in [5, 5.41) is 3.43. The number of nitrogens with zero attached hydrogens (tertiary/aromatic N) is 1. The summed E-state index contributed by atoms with van der Waals surface area (Å²) in [6, 6.07) is 6.82. The zero-order chi connectivity index (χ0) is 15.6. The second-order valence-electron chi connectivity index (χ2n) is 6.39. The molecule has 1 atom stereocenters. The number of hydrogen-bond donors (Lipinski definition) is 1. The highest BCUT2D eigenvalue weighted by Crippen LogP contribution is 2.26. The van der Waals surface area contributed by atoms with E-state index in [1.165, 1.54) is 18.2 Å². The number of carbonyl (C=O) groups is 1. The molecular weight excluding hydrogens is 264 g/mol. The first-order valence-corrected chi connectivity index (χ1v) is 7.50. The molecule has 1 saturated carbocycles. The molecule has 0 spiro atoms. The molecule has 1 fully saturated rings. The molecule has 1 aliphatic carbocycles. The van der Waals surface area contributed by atoms with E-state index in [4.69, 9.17) is 4.74 Å². The first kappa shape index (κ1) is 15.8. The number of ether oxygens (including phenoxy) is 1. The van der Waals surface area contributed by atoms with Gasteiger partial charge in [-0.2, -0.15) is 0 Å². The van der Waals surface area contributed by atoms with Crippen LogP contribution >= 0.6 is 0 Å². The molecule has 1 aliphatic rings. The van der Waals surface area contributed by atoms with E-state index < -0.39 is 5.54 Å². The zero-order valence-corrected chi connectivity index (χ0v) is 13.7. The summed E-state index contributed by atoms with van der Waals surface area (Å²) in [4.78, 5) is 14.3. The van der Waals surface area contributed by atoms with Crippen LogP contribution in [0.3, 0.4) is 0 Å². The number of rotatable bonds is 6. The van der Waals surface area contributed by atoms with Crippen molar-refractivity contribution < 1.29 is 9.53 Å². The number of anilines is 1. The van der Waals surface area contributed by atoms with Gasteiger partial charge in [-0.15, -0.1) is 0 Å². The van der Waals surface area contributed by atoms with Gasteiger partial charge in [-0.05, 0) is 45.2 Å². The van der Waals surface area contributed by atoms with Gasteiger partial charge in [-0.1, -0.05) is 17.7 Å². The molecule has 0 radical (unpaired) electrons. The number of esters is 1. The first-order valence-electron chi connectivity index (χ1n) is 7.50. The average Bonchev–Trinajstić information content (AvgIpc) is 3.20. The number of hydrogen-bond acceptors (Lipinski definition) is 4. The van der Waals surface area contributed by atoms with Crippen molar-refractivity contribution >= 4 is 11.7 Å². The summed E-state index contributed by atoms with van der Waals surface area (Å²) >= 11 is 0. The first-order chi connectivity index (χ1) is 9.85. The van der Waals surface area contributed by atoms with Crippen molar-refractivity contribution in [3.8, 4) is 0 Å². The van der Waals surface area contributed by atoms with Crippen molar-refractivity contribution in [2.45, 2.75) is 45.2 Å². The molecule has 0 amide bonds. The molecule has 0 bridgehead atoms. The van der Waals surface area contributed by atoms with Crippen molar-refractivity contribution in [2.24, 2.45) is 0 Å². The van der Waals surface area contributed by atoms with E-state index in [-0.39, 0.29) is 5.97 Å². The molecule has 0 heterocycles. The van der Waals surface area contributed by atoms with E-state index in [1.54, 1.807) is 0 Å².